The monoisotopic (exact) mass is 325 g/mol. The van der Waals surface area contributed by atoms with Gasteiger partial charge in [0.25, 0.3) is 0 Å². The van der Waals surface area contributed by atoms with Gasteiger partial charge in [-0.1, -0.05) is 19.3 Å². The molecule has 1 saturated heterocycles. The minimum absolute atomic E-state index is 0.0896. The minimum atomic E-state index is -0.489. The number of hydrogen-bond acceptors (Lipinski definition) is 4. The first kappa shape index (κ1) is 18.1. The molecule has 0 aromatic rings. The Hall–Kier alpha value is -1.26. The van der Waals surface area contributed by atoms with Crippen molar-refractivity contribution in [3.05, 3.63) is 0 Å². The van der Waals surface area contributed by atoms with Crippen molar-refractivity contribution in [1.29, 1.82) is 0 Å². The standard InChI is InChI=1S/C18H31NO4/c1-17(2,3)23-16(21)19-12-10-18(11-13-19,15(20)22-4)14-8-6-5-7-9-14/h14H,5-13H2,1-4H3. The third kappa shape index (κ3) is 4.18. The lowest BCUT2D eigenvalue weighted by Crippen LogP contribution is -2.51. The van der Waals surface area contributed by atoms with E-state index in [1.54, 1.807) is 4.90 Å². The van der Waals surface area contributed by atoms with Crippen LogP contribution in [0.3, 0.4) is 0 Å². The molecule has 0 bridgehead atoms. The van der Waals surface area contributed by atoms with Gasteiger partial charge in [0.2, 0.25) is 0 Å². The first-order valence-electron chi connectivity index (χ1n) is 8.85. The predicted molar refractivity (Wildman–Crippen MR) is 88.1 cm³/mol. The Morgan fingerprint density at radius 3 is 2.09 bits per heavy atom. The molecule has 1 saturated carbocycles. The maximum atomic E-state index is 12.5. The van der Waals surface area contributed by atoms with E-state index in [9.17, 15) is 9.59 Å². The van der Waals surface area contributed by atoms with Crippen LogP contribution < -0.4 is 0 Å². The van der Waals surface area contributed by atoms with Crippen LogP contribution in [0.25, 0.3) is 0 Å². The van der Waals surface area contributed by atoms with Crippen molar-refractivity contribution in [2.45, 2.75) is 71.3 Å². The molecule has 2 fully saturated rings. The number of likely N-dealkylation sites (tertiary alicyclic amines) is 1. The van der Waals surface area contributed by atoms with Crippen LogP contribution in [0.15, 0.2) is 0 Å². The van der Waals surface area contributed by atoms with Crippen LogP contribution in [0.4, 0.5) is 4.79 Å². The van der Waals surface area contributed by atoms with Crippen molar-refractivity contribution in [3.63, 3.8) is 0 Å². The second kappa shape index (κ2) is 7.10. The van der Waals surface area contributed by atoms with Gasteiger partial charge in [-0.15, -0.1) is 0 Å². The minimum Gasteiger partial charge on any atom is -0.469 e. The van der Waals surface area contributed by atoms with E-state index < -0.39 is 11.0 Å². The number of esters is 1. The Morgan fingerprint density at radius 2 is 1.61 bits per heavy atom. The zero-order chi connectivity index (χ0) is 17.1. The quantitative estimate of drug-likeness (QED) is 0.725. The highest BCUT2D eigenvalue weighted by Gasteiger charge is 2.49. The summed E-state index contributed by atoms with van der Waals surface area (Å²) in [6.07, 6.45) is 6.94. The molecule has 0 N–H and O–H groups in total. The largest absolute Gasteiger partial charge is 0.469 e. The zero-order valence-electron chi connectivity index (χ0n) is 15.0. The van der Waals surface area contributed by atoms with Crippen molar-refractivity contribution in [1.82, 2.24) is 4.90 Å². The predicted octanol–water partition coefficient (Wildman–Crippen LogP) is 3.76. The average molecular weight is 325 g/mol. The lowest BCUT2D eigenvalue weighted by Gasteiger charge is -2.45. The lowest BCUT2D eigenvalue weighted by atomic mass is 9.64. The molecule has 1 amide bonds. The van der Waals surface area contributed by atoms with Gasteiger partial charge in [0, 0.05) is 13.1 Å². The fraction of sp³-hybridized carbons (Fsp3) is 0.889. The van der Waals surface area contributed by atoms with Crippen molar-refractivity contribution < 1.29 is 19.1 Å². The number of methoxy groups -OCH3 is 1. The van der Waals surface area contributed by atoms with E-state index in [4.69, 9.17) is 9.47 Å². The first-order valence-corrected chi connectivity index (χ1v) is 8.85. The van der Waals surface area contributed by atoms with Gasteiger partial charge in [0.1, 0.15) is 5.60 Å². The summed E-state index contributed by atoms with van der Waals surface area (Å²) in [5.74, 6) is 0.303. The van der Waals surface area contributed by atoms with Crippen LogP contribution in [-0.4, -0.2) is 42.8 Å². The van der Waals surface area contributed by atoms with E-state index in [1.165, 1.54) is 26.4 Å². The van der Waals surface area contributed by atoms with E-state index in [0.717, 1.165) is 12.8 Å². The van der Waals surface area contributed by atoms with Crippen molar-refractivity contribution in [2.24, 2.45) is 11.3 Å². The molecular weight excluding hydrogens is 294 g/mol. The molecule has 132 valence electrons. The highest BCUT2D eigenvalue weighted by molar-refractivity contribution is 5.78. The maximum absolute atomic E-state index is 12.5. The molecule has 0 spiro atoms. The SMILES string of the molecule is COC(=O)C1(C2CCCCC2)CCN(C(=O)OC(C)(C)C)CC1. The second-order valence-corrected chi connectivity index (χ2v) is 7.95. The molecule has 1 heterocycles. The molecule has 1 aliphatic carbocycles. The molecule has 5 heteroatoms. The Balaban J connectivity index is 2.04. The Labute approximate surface area is 139 Å². The summed E-state index contributed by atoms with van der Waals surface area (Å²) < 4.78 is 10.6. The normalized spacial score (nSPS) is 22.5. The maximum Gasteiger partial charge on any atom is 0.410 e. The van der Waals surface area contributed by atoms with Crippen LogP contribution in [0, 0.1) is 11.3 Å². The number of nitrogens with zero attached hydrogens (tertiary/aromatic N) is 1. The summed E-state index contributed by atoms with van der Waals surface area (Å²) in [6, 6.07) is 0. The van der Waals surface area contributed by atoms with Crippen LogP contribution in [0.5, 0.6) is 0 Å². The molecule has 0 atom stereocenters. The van der Waals surface area contributed by atoms with Crippen LogP contribution in [0.1, 0.15) is 65.7 Å². The summed E-state index contributed by atoms with van der Waals surface area (Å²) in [5.41, 5.74) is -0.898. The van der Waals surface area contributed by atoms with Crippen molar-refractivity contribution in [2.75, 3.05) is 20.2 Å². The molecule has 2 aliphatic rings. The molecule has 0 aromatic carbocycles. The Bertz CT molecular complexity index is 427. The van der Waals surface area contributed by atoms with E-state index in [1.807, 2.05) is 20.8 Å². The van der Waals surface area contributed by atoms with E-state index in [0.29, 0.717) is 31.8 Å². The first-order chi connectivity index (χ1) is 10.8. The van der Waals surface area contributed by atoms with Gasteiger partial charge >= 0.3 is 12.1 Å². The van der Waals surface area contributed by atoms with Gasteiger partial charge < -0.3 is 14.4 Å². The number of piperidine rings is 1. The Kier molecular flexibility index (Phi) is 5.58. The second-order valence-electron chi connectivity index (χ2n) is 7.95. The lowest BCUT2D eigenvalue weighted by molar-refractivity contribution is -0.161. The molecule has 23 heavy (non-hydrogen) atoms. The van der Waals surface area contributed by atoms with Gasteiger partial charge in [-0.05, 0) is 52.4 Å². The van der Waals surface area contributed by atoms with Gasteiger partial charge in [0.15, 0.2) is 0 Å². The van der Waals surface area contributed by atoms with E-state index in [2.05, 4.69) is 0 Å². The van der Waals surface area contributed by atoms with Gasteiger partial charge in [-0.2, -0.15) is 0 Å². The number of carbonyl (C=O) groups is 2. The van der Waals surface area contributed by atoms with E-state index >= 15 is 0 Å². The molecular formula is C18H31NO4. The fourth-order valence-corrected chi connectivity index (χ4v) is 4.05. The fourth-order valence-electron chi connectivity index (χ4n) is 4.05. The number of amides is 1. The molecule has 1 aliphatic heterocycles. The number of rotatable bonds is 2. The topological polar surface area (TPSA) is 55.8 Å². The zero-order valence-corrected chi connectivity index (χ0v) is 15.0. The van der Waals surface area contributed by atoms with Crippen molar-refractivity contribution in [3.8, 4) is 0 Å². The summed E-state index contributed by atoms with van der Waals surface area (Å²) in [6.45, 7) is 6.75. The van der Waals surface area contributed by atoms with Crippen LogP contribution in [-0.2, 0) is 14.3 Å². The van der Waals surface area contributed by atoms with Crippen LogP contribution in [0.2, 0.25) is 0 Å². The third-order valence-electron chi connectivity index (χ3n) is 5.29. The third-order valence-corrected chi connectivity index (χ3v) is 5.29. The van der Waals surface area contributed by atoms with E-state index in [-0.39, 0.29) is 12.1 Å². The summed E-state index contributed by atoms with van der Waals surface area (Å²) >= 11 is 0. The molecule has 0 radical (unpaired) electrons. The van der Waals surface area contributed by atoms with Gasteiger partial charge in [-0.3, -0.25) is 4.79 Å². The molecule has 0 aromatic heterocycles. The number of carbonyl (C=O) groups excluding carboxylic acids is 2. The highest BCUT2D eigenvalue weighted by Crippen LogP contribution is 2.46. The summed E-state index contributed by atoms with van der Waals surface area (Å²) in [7, 11) is 1.48. The average Bonchev–Trinajstić information content (AvgIpc) is 2.53. The molecule has 5 nitrogen and oxygen atoms in total. The smallest absolute Gasteiger partial charge is 0.410 e. The summed E-state index contributed by atoms with van der Waals surface area (Å²) in [5, 5.41) is 0. The molecule has 2 rings (SSSR count). The van der Waals surface area contributed by atoms with Gasteiger partial charge in [-0.25, -0.2) is 4.79 Å². The summed E-state index contributed by atoms with van der Waals surface area (Å²) in [4.78, 5) is 26.5. The van der Waals surface area contributed by atoms with Crippen molar-refractivity contribution >= 4 is 12.1 Å². The molecule has 0 unspecified atom stereocenters. The Morgan fingerprint density at radius 1 is 1.04 bits per heavy atom. The van der Waals surface area contributed by atoms with Crippen LogP contribution >= 0.6 is 0 Å². The number of ether oxygens (including phenoxy) is 2. The highest BCUT2D eigenvalue weighted by atomic mass is 16.6. The van der Waals surface area contributed by atoms with Gasteiger partial charge in [0.05, 0.1) is 12.5 Å². The number of hydrogen-bond donors (Lipinski definition) is 0.